The number of ketones is 1. The topological polar surface area (TPSA) is 17.1 Å². The van der Waals surface area contributed by atoms with E-state index in [1.807, 2.05) is 0 Å². The van der Waals surface area contributed by atoms with Crippen molar-refractivity contribution in [3.05, 3.63) is 12.2 Å². The number of unbranched alkanes of at least 4 members (excludes halogenated alkanes) is 8. The van der Waals surface area contributed by atoms with Crippen LogP contribution in [0.25, 0.3) is 0 Å². The van der Waals surface area contributed by atoms with Crippen molar-refractivity contribution in [3.8, 4) is 0 Å². The number of allylic oxidation sites excluding steroid dienone is 2. The molecule has 0 fully saturated rings. The lowest BCUT2D eigenvalue weighted by atomic mass is 10.1. The molecule has 0 saturated heterocycles. The van der Waals surface area contributed by atoms with Crippen LogP contribution >= 0.6 is 0 Å². The molecule has 1 nitrogen and oxygen atoms in total. The molecule has 0 saturated carbocycles. The fourth-order valence-electron chi connectivity index (χ4n) is 1.89. The van der Waals surface area contributed by atoms with Crippen molar-refractivity contribution in [1.29, 1.82) is 0 Å². The van der Waals surface area contributed by atoms with E-state index in [1.54, 1.807) is 6.08 Å². The van der Waals surface area contributed by atoms with Crippen molar-refractivity contribution < 1.29 is 4.79 Å². The maximum atomic E-state index is 11.5. The van der Waals surface area contributed by atoms with Crippen molar-refractivity contribution in [3.63, 3.8) is 0 Å². The first-order valence-electron chi connectivity index (χ1n) is 7.50. The van der Waals surface area contributed by atoms with E-state index in [1.165, 1.54) is 51.4 Å². The molecule has 0 aromatic carbocycles. The van der Waals surface area contributed by atoms with Crippen LogP contribution in [0.1, 0.15) is 84.5 Å². The van der Waals surface area contributed by atoms with Crippen molar-refractivity contribution in [2.75, 3.05) is 0 Å². The second kappa shape index (κ2) is 13.5. The third-order valence-electron chi connectivity index (χ3n) is 3.05. The third-order valence-corrected chi connectivity index (χ3v) is 3.05. The van der Waals surface area contributed by atoms with Gasteiger partial charge in [0.25, 0.3) is 0 Å². The second-order valence-corrected chi connectivity index (χ2v) is 4.88. The fourth-order valence-corrected chi connectivity index (χ4v) is 1.89. The molecule has 1 heteroatoms. The number of carbonyl (C=O) groups excluding carboxylic acids is 1. The van der Waals surface area contributed by atoms with Gasteiger partial charge in [-0.15, -0.1) is 0 Å². The summed E-state index contributed by atoms with van der Waals surface area (Å²) in [5.41, 5.74) is 0. The molecule has 0 amide bonds. The first kappa shape index (κ1) is 16.4. The van der Waals surface area contributed by atoms with E-state index >= 15 is 0 Å². The van der Waals surface area contributed by atoms with Gasteiger partial charge in [0.05, 0.1) is 0 Å². The van der Waals surface area contributed by atoms with Gasteiger partial charge in [-0.25, -0.2) is 0 Å². The van der Waals surface area contributed by atoms with Crippen LogP contribution in [0, 0.1) is 0 Å². The average molecular weight is 238 g/mol. The molecule has 0 atom stereocenters. The zero-order valence-electron chi connectivity index (χ0n) is 11.8. The highest BCUT2D eigenvalue weighted by atomic mass is 16.1. The maximum absolute atomic E-state index is 11.5. The van der Waals surface area contributed by atoms with Gasteiger partial charge >= 0.3 is 0 Å². The van der Waals surface area contributed by atoms with Gasteiger partial charge in [-0.05, 0) is 25.3 Å². The van der Waals surface area contributed by atoms with Gasteiger partial charge in [0.2, 0.25) is 0 Å². The fraction of sp³-hybridized carbons (Fsp3) is 0.812. The van der Waals surface area contributed by atoms with Crippen LogP contribution in [0.5, 0.6) is 0 Å². The zero-order chi connectivity index (χ0) is 12.8. The van der Waals surface area contributed by atoms with Crippen LogP contribution in [-0.2, 0) is 4.79 Å². The molecule has 0 aliphatic heterocycles. The van der Waals surface area contributed by atoms with Crippen molar-refractivity contribution >= 4 is 5.78 Å². The molecule has 0 unspecified atom stereocenters. The highest BCUT2D eigenvalue weighted by Crippen LogP contribution is 2.06. The highest BCUT2D eigenvalue weighted by Gasteiger charge is 1.96. The Bertz CT molecular complexity index is 194. The summed E-state index contributed by atoms with van der Waals surface area (Å²) in [5, 5.41) is 0. The lowest BCUT2D eigenvalue weighted by molar-refractivity contribution is -0.114. The van der Waals surface area contributed by atoms with Crippen molar-refractivity contribution in [2.45, 2.75) is 84.5 Å². The number of hydrogen-bond donors (Lipinski definition) is 0. The molecular formula is C16H30O. The summed E-state index contributed by atoms with van der Waals surface area (Å²) in [6.07, 6.45) is 16.9. The van der Waals surface area contributed by atoms with Gasteiger partial charge in [0.15, 0.2) is 5.78 Å². The molecule has 0 aromatic heterocycles. The first-order chi connectivity index (χ1) is 8.31. The molecule has 0 aromatic rings. The SMILES string of the molecule is CCCCCCC=CC(=O)CCCCCCC. The maximum Gasteiger partial charge on any atom is 0.155 e. The minimum atomic E-state index is 0.317. The van der Waals surface area contributed by atoms with Gasteiger partial charge in [0.1, 0.15) is 0 Å². The minimum absolute atomic E-state index is 0.317. The lowest BCUT2D eigenvalue weighted by Crippen LogP contribution is -1.92. The van der Waals surface area contributed by atoms with Crippen molar-refractivity contribution in [2.24, 2.45) is 0 Å². The van der Waals surface area contributed by atoms with Crippen LogP contribution in [-0.4, -0.2) is 5.78 Å². The standard InChI is InChI=1S/C16H30O/c1-3-5-7-9-11-13-15-16(17)14-12-10-8-6-4-2/h13,15H,3-12,14H2,1-2H3. The Morgan fingerprint density at radius 2 is 1.41 bits per heavy atom. The van der Waals surface area contributed by atoms with E-state index < -0.39 is 0 Å². The zero-order valence-corrected chi connectivity index (χ0v) is 11.8. The molecule has 0 heterocycles. The van der Waals surface area contributed by atoms with Gasteiger partial charge < -0.3 is 0 Å². The van der Waals surface area contributed by atoms with Crippen molar-refractivity contribution in [1.82, 2.24) is 0 Å². The summed E-state index contributed by atoms with van der Waals surface area (Å²) in [6.45, 7) is 4.43. The molecule has 0 radical (unpaired) electrons. The summed E-state index contributed by atoms with van der Waals surface area (Å²) in [4.78, 5) is 11.5. The summed E-state index contributed by atoms with van der Waals surface area (Å²) in [6, 6.07) is 0. The normalized spacial score (nSPS) is 11.2. The summed E-state index contributed by atoms with van der Waals surface area (Å²) >= 11 is 0. The monoisotopic (exact) mass is 238 g/mol. The second-order valence-electron chi connectivity index (χ2n) is 4.88. The first-order valence-corrected chi connectivity index (χ1v) is 7.50. The van der Waals surface area contributed by atoms with E-state index in [-0.39, 0.29) is 0 Å². The number of carbonyl (C=O) groups is 1. The highest BCUT2D eigenvalue weighted by molar-refractivity contribution is 5.89. The van der Waals surface area contributed by atoms with Gasteiger partial charge in [-0.2, -0.15) is 0 Å². The molecule has 17 heavy (non-hydrogen) atoms. The Kier molecular flexibility index (Phi) is 13.0. The Morgan fingerprint density at radius 1 is 0.824 bits per heavy atom. The Balaban J connectivity index is 3.29. The van der Waals surface area contributed by atoms with Crippen LogP contribution in [0.4, 0.5) is 0 Å². The molecule has 0 spiro atoms. The Hall–Kier alpha value is -0.590. The summed E-state index contributed by atoms with van der Waals surface area (Å²) in [5.74, 6) is 0.317. The molecule has 0 aliphatic rings. The van der Waals surface area contributed by atoms with Gasteiger partial charge in [-0.1, -0.05) is 64.9 Å². The van der Waals surface area contributed by atoms with E-state index in [4.69, 9.17) is 0 Å². The average Bonchev–Trinajstić information content (AvgIpc) is 2.33. The van der Waals surface area contributed by atoms with E-state index in [9.17, 15) is 4.79 Å². The van der Waals surface area contributed by atoms with Crippen LogP contribution in [0.3, 0.4) is 0 Å². The molecule has 0 aliphatic carbocycles. The van der Waals surface area contributed by atoms with Crippen LogP contribution in [0.2, 0.25) is 0 Å². The van der Waals surface area contributed by atoms with Crippen LogP contribution < -0.4 is 0 Å². The minimum Gasteiger partial charge on any atom is -0.295 e. The quantitative estimate of drug-likeness (QED) is 0.327. The molecule has 100 valence electrons. The van der Waals surface area contributed by atoms with E-state index in [2.05, 4.69) is 19.9 Å². The molecule has 0 rings (SSSR count). The largest absolute Gasteiger partial charge is 0.295 e. The summed E-state index contributed by atoms with van der Waals surface area (Å²) in [7, 11) is 0. The smallest absolute Gasteiger partial charge is 0.155 e. The van der Waals surface area contributed by atoms with Gasteiger partial charge in [0, 0.05) is 6.42 Å². The Morgan fingerprint density at radius 3 is 2.06 bits per heavy atom. The third kappa shape index (κ3) is 13.3. The predicted octanol–water partition coefficient (Wildman–Crippen LogP) is 5.44. The van der Waals surface area contributed by atoms with Crippen LogP contribution in [0.15, 0.2) is 12.2 Å². The molecule has 0 bridgehead atoms. The molecule has 0 N–H and O–H groups in total. The molecular weight excluding hydrogens is 208 g/mol. The number of hydrogen-bond acceptors (Lipinski definition) is 1. The van der Waals surface area contributed by atoms with E-state index in [0.717, 1.165) is 19.3 Å². The predicted molar refractivity (Wildman–Crippen MR) is 76.3 cm³/mol. The lowest BCUT2D eigenvalue weighted by Gasteiger charge is -1.97. The number of rotatable bonds is 12. The summed E-state index contributed by atoms with van der Waals surface area (Å²) < 4.78 is 0. The van der Waals surface area contributed by atoms with Gasteiger partial charge in [-0.3, -0.25) is 4.79 Å². The Labute approximate surface area is 108 Å². The van der Waals surface area contributed by atoms with E-state index in [0.29, 0.717) is 5.78 Å².